The van der Waals surface area contributed by atoms with Crippen molar-refractivity contribution in [3.63, 3.8) is 0 Å². The smallest absolute Gasteiger partial charge is 0.138 e. The van der Waals surface area contributed by atoms with Crippen molar-refractivity contribution in [2.24, 2.45) is 0 Å². The fraction of sp³-hybridized carbons (Fsp3) is 0.667. The molecule has 66 valence electrons. The van der Waals surface area contributed by atoms with Crippen LogP contribution in [-0.2, 0) is 9.53 Å². The third-order valence-electron chi connectivity index (χ3n) is 2.41. The normalized spacial score (nSPS) is 35.8. The summed E-state index contributed by atoms with van der Waals surface area (Å²) >= 11 is 0. The van der Waals surface area contributed by atoms with Crippen molar-refractivity contribution < 1.29 is 14.6 Å². The summed E-state index contributed by atoms with van der Waals surface area (Å²) in [5.41, 5.74) is 0.917. The Morgan fingerprint density at radius 2 is 2.33 bits per heavy atom. The zero-order valence-electron chi connectivity index (χ0n) is 6.82. The molecule has 0 aromatic carbocycles. The number of fused-ring (bicyclic) bond motifs is 1. The van der Waals surface area contributed by atoms with Crippen molar-refractivity contribution in [1.29, 1.82) is 0 Å². The lowest BCUT2D eigenvalue weighted by atomic mass is 9.87. The molecule has 1 fully saturated rings. The van der Waals surface area contributed by atoms with Crippen molar-refractivity contribution in [3.8, 4) is 0 Å². The van der Waals surface area contributed by atoms with E-state index >= 15 is 0 Å². The number of rotatable bonds is 0. The van der Waals surface area contributed by atoms with Crippen molar-refractivity contribution in [1.82, 2.24) is 0 Å². The Kier molecular flexibility index (Phi) is 1.98. The van der Waals surface area contributed by atoms with Crippen LogP contribution in [-0.4, -0.2) is 29.7 Å². The Hall–Kier alpha value is -0.670. The monoisotopic (exact) mass is 168 g/mol. The van der Waals surface area contributed by atoms with E-state index in [1.165, 1.54) is 0 Å². The largest absolute Gasteiger partial charge is 0.388 e. The predicted octanol–water partition coefficient (Wildman–Crippen LogP) is 0.425. The molecule has 0 bridgehead atoms. The molecule has 2 rings (SSSR count). The molecule has 3 nitrogen and oxygen atoms in total. The van der Waals surface area contributed by atoms with Crippen molar-refractivity contribution in [3.05, 3.63) is 11.6 Å². The number of aliphatic hydroxyl groups excluding tert-OH is 1. The molecule has 0 radical (unpaired) electrons. The van der Waals surface area contributed by atoms with Crippen LogP contribution in [0.25, 0.3) is 0 Å². The number of carbonyl (C=O) groups is 1. The van der Waals surface area contributed by atoms with E-state index in [9.17, 15) is 9.90 Å². The van der Waals surface area contributed by atoms with Crippen molar-refractivity contribution in [2.75, 3.05) is 6.61 Å². The average molecular weight is 168 g/mol. The van der Waals surface area contributed by atoms with E-state index < -0.39 is 6.10 Å². The SMILES string of the molecule is O=C1C[C@@H](O)C2=CCCO[C@@H]2C1. The third kappa shape index (κ3) is 1.30. The molecule has 1 saturated carbocycles. The summed E-state index contributed by atoms with van der Waals surface area (Å²) in [4.78, 5) is 11.1. The van der Waals surface area contributed by atoms with Gasteiger partial charge >= 0.3 is 0 Å². The molecule has 3 heteroatoms. The Bertz CT molecular complexity index is 232. The predicted molar refractivity (Wildman–Crippen MR) is 42.7 cm³/mol. The van der Waals surface area contributed by atoms with Crippen LogP contribution in [0.1, 0.15) is 19.3 Å². The maximum atomic E-state index is 11.1. The Balaban J connectivity index is 2.20. The molecule has 1 aliphatic carbocycles. The van der Waals surface area contributed by atoms with Crippen LogP contribution >= 0.6 is 0 Å². The van der Waals surface area contributed by atoms with E-state index in [4.69, 9.17) is 4.74 Å². The highest BCUT2D eigenvalue weighted by Crippen LogP contribution is 2.27. The van der Waals surface area contributed by atoms with Gasteiger partial charge in [0.1, 0.15) is 5.78 Å². The quantitative estimate of drug-likeness (QED) is 0.533. The lowest BCUT2D eigenvalue weighted by Gasteiger charge is -2.31. The first-order valence-electron chi connectivity index (χ1n) is 4.28. The Morgan fingerprint density at radius 1 is 1.50 bits per heavy atom. The summed E-state index contributed by atoms with van der Waals surface area (Å²) in [6.07, 6.45) is 2.86. The Morgan fingerprint density at radius 3 is 3.17 bits per heavy atom. The van der Waals surface area contributed by atoms with Crippen LogP contribution in [0, 0.1) is 0 Å². The van der Waals surface area contributed by atoms with Gasteiger partial charge in [-0.2, -0.15) is 0 Å². The molecule has 2 aliphatic rings. The topological polar surface area (TPSA) is 46.5 Å². The van der Waals surface area contributed by atoms with E-state index in [0.717, 1.165) is 12.0 Å². The van der Waals surface area contributed by atoms with Gasteiger partial charge in [0.2, 0.25) is 0 Å². The maximum absolute atomic E-state index is 11.1. The van der Waals surface area contributed by atoms with Gasteiger partial charge in [-0.1, -0.05) is 6.08 Å². The zero-order chi connectivity index (χ0) is 8.55. The van der Waals surface area contributed by atoms with E-state index in [-0.39, 0.29) is 18.3 Å². The highest BCUT2D eigenvalue weighted by atomic mass is 16.5. The zero-order valence-corrected chi connectivity index (χ0v) is 6.82. The molecule has 2 atom stereocenters. The second kappa shape index (κ2) is 2.99. The lowest BCUT2D eigenvalue weighted by molar-refractivity contribution is -0.125. The summed E-state index contributed by atoms with van der Waals surface area (Å²) in [5, 5.41) is 9.51. The second-order valence-corrected chi connectivity index (χ2v) is 3.31. The van der Waals surface area contributed by atoms with E-state index in [2.05, 4.69) is 0 Å². The summed E-state index contributed by atoms with van der Waals surface area (Å²) in [5.74, 6) is 0.103. The molecule has 1 N–H and O–H groups in total. The Labute approximate surface area is 71.0 Å². The van der Waals surface area contributed by atoms with E-state index in [1.54, 1.807) is 0 Å². The maximum Gasteiger partial charge on any atom is 0.138 e. The van der Waals surface area contributed by atoms with Crippen LogP contribution in [0.2, 0.25) is 0 Å². The van der Waals surface area contributed by atoms with Gasteiger partial charge in [0.05, 0.1) is 18.8 Å². The molecule has 0 saturated heterocycles. The van der Waals surface area contributed by atoms with Gasteiger partial charge in [-0.3, -0.25) is 4.79 Å². The van der Waals surface area contributed by atoms with E-state index in [1.807, 2.05) is 6.08 Å². The highest BCUT2D eigenvalue weighted by Gasteiger charge is 2.32. The molecule has 1 aliphatic heterocycles. The third-order valence-corrected chi connectivity index (χ3v) is 2.41. The van der Waals surface area contributed by atoms with Crippen LogP contribution in [0.15, 0.2) is 11.6 Å². The standard InChI is InChI=1S/C9H12O3/c10-6-4-8(11)7-2-1-3-12-9(7)5-6/h2,8-9,11H,1,3-5H2/t8-,9-/m1/s1. The van der Waals surface area contributed by atoms with Crippen LogP contribution in [0.3, 0.4) is 0 Å². The number of carbonyl (C=O) groups excluding carboxylic acids is 1. The fourth-order valence-electron chi connectivity index (χ4n) is 1.81. The molecule has 12 heavy (non-hydrogen) atoms. The van der Waals surface area contributed by atoms with Gasteiger partial charge < -0.3 is 9.84 Å². The number of hydrogen-bond acceptors (Lipinski definition) is 3. The van der Waals surface area contributed by atoms with Gasteiger partial charge in [-0.05, 0) is 12.0 Å². The number of Topliss-reactive ketones (excluding diaryl/α,β-unsaturated/α-hetero) is 1. The minimum Gasteiger partial charge on any atom is -0.388 e. The molecule has 0 amide bonds. The minimum atomic E-state index is -0.587. The summed E-state index contributed by atoms with van der Waals surface area (Å²) < 4.78 is 5.37. The van der Waals surface area contributed by atoms with Gasteiger partial charge in [0.25, 0.3) is 0 Å². The molecule has 0 aromatic heterocycles. The molecule has 0 aromatic rings. The van der Waals surface area contributed by atoms with Crippen molar-refractivity contribution in [2.45, 2.75) is 31.5 Å². The van der Waals surface area contributed by atoms with Gasteiger partial charge in [0, 0.05) is 12.8 Å². The number of aliphatic hydroxyl groups is 1. The van der Waals surface area contributed by atoms with E-state index in [0.29, 0.717) is 13.0 Å². The molecular weight excluding hydrogens is 156 g/mol. The van der Waals surface area contributed by atoms with Crippen molar-refractivity contribution >= 4 is 5.78 Å². The minimum absolute atomic E-state index is 0.103. The van der Waals surface area contributed by atoms with Crippen LogP contribution in [0.5, 0.6) is 0 Å². The fourth-order valence-corrected chi connectivity index (χ4v) is 1.81. The number of ether oxygens (including phenoxy) is 1. The summed E-state index contributed by atoms with van der Waals surface area (Å²) in [7, 11) is 0. The lowest BCUT2D eigenvalue weighted by Crippen LogP contribution is -2.36. The highest BCUT2D eigenvalue weighted by molar-refractivity contribution is 5.82. The van der Waals surface area contributed by atoms with Gasteiger partial charge in [-0.25, -0.2) is 0 Å². The molecule has 0 unspecified atom stereocenters. The van der Waals surface area contributed by atoms with Gasteiger partial charge in [-0.15, -0.1) is 0 Å². The molecule has 1 heterocycles. The average Bonchev–Trinajstić information content (AvgIpc) is 2.04. The number of hydrogen-bond donors (Lipinski definition) is 1. The van der Waals surface area contributed by atoms with Crippen LogP contribution in [0.4, 0.5) is 0 Å². The first-order chi connectivity index (χ1) is 5.77. The first-order valence-corrected chi connectivity index (χ1v) is 4.28. The second-order valence-electron chi connectivity index (χ2n) is 3.31. The molecule has 0 spiro atoms. The summed E-state index contributed by atoms with van der Waals surface area (Å²) in [6, 6.07) is 0. The summed E-state index contributed by atoms with van der Waals surface area (Å²) in [6.45, 7) is 0.675. The number of ketones is 1. The van der Waals surface area contributed by atoms with Gasteiger partial charge in [0.15, 0.2) is 0 Å². The first kappa shape index (κ1) is 7.95. The molecular formula is C9H12O3. The van der Waals surface area contributed by atoms with Crippen LogP contribution < -0.4 is 0 Å².